The molecule has 20 heavy (non-hydrogen) atoms. The molecule has 0 aliphatic carbocycles. The number of anilines is 2. The Balaban J connectivity index is 2.38. The Morgan fingerprint density at radius 1 is 1.65 bits per heavy atom. The van der Waals surface area contributed by atoms with E-state index in [1.807, 2.05) is 11.8 Å². The molecule has 3 N–H and O–H groups in total. The van der Waals surface area contributed by atoms with Gasteiger partial charge in [-0.05, 0) is 13.3 Å². The Morgan fingerprint density at radius 3 is 3.00 bits per heavy atom. The highest BCUT2D eigenvalue weighted by Gasteiger charge is 2.28. The molecule has 0 bridgehead atoms. The zero-order valence-corrected chi connectivity index (χ0v) is 11.6. The summed E-state index contributed by atoms with van der Waals surface area (Å²) < 4.78 is 5.62. The summed E-state index contributed by atoms with van der Waals surface area (Å²) in [6, 6.07) is 2.95. The Bertz CT molecular complexity index is 496. The number of hydrogen-bond donors (Lipinski definition) is 2. The minimum Gasteiger partial charge on any atom is -0.375 e. The van der Waals surface area contributed by atoms with Crippen molar-refractivity contribution in [2.24, 2.45) is 5.84 Å². The highest BCUT2D eigenvalue weighted by molar-refractivity contribution is 5.56. The van der Waals surface area contributed by atoms with Gasteiger partial charge in [-0.3, -0.25) is 10.1 Å². The zero-order valence-electron chi connectivity index (χ0n) is 11.6. The fraction of sp³-hybridized carbons (Fsp3) is 0.583. The number of nitrogens with one attached hydrogen (secondary N) is 1. The molecule has 0 spiro atoms. The lowest BCUT2D eigenvalue weighted by molar-refractivity contribution is -0.384. The number of aromatic nitrogens is 1. The number of nitrogens with two attached hydrogens (primary N) is 1. The standard InChI is InChI=1S/C12H19N5O3/c1-3-9-7-20-8(2)6-16(9)12-5-10(17(18)19)4-11(14-12)15-13/h4-5,8-9H,3,6-7,13H2,1-2H3,(H,14,15). The maximum atomic E-state index is 11.0. The van der Waals surface area contributed by atoms with Crippen LogP contribution in [0.5, 0.6) is 0 Å². The molecule has 0 saturated carbocycles. The number of hydrogen-bond acceptors (Lipinski definition) is 7. The largest absolute Gasteiger partial charge is 0.375 e. The molecule has 1 aromatic rings. The van der Waals surface area contributed by atoms with Crippen molar-refractivity contribution in [2.75, 3.05) is 23.5 Å². The van der Waals surface area contributed by atoms with Gasteiger partial charge in [-0.25, -0.2) is 10.8 Å². The molecule has 2 atom stereocenters. The number of nitrogens with zero attached hydrogens (tertiary/aromatic N) is 3. The van der Waals surface area contributed by atoms with Crippen molar-refractivity contribution in [3.8, 4) is 0 Å². The van der Waals surface area contributed by atoms with Crippen molar-refractivity contribution in [1.29, 1.82) is 0 Å². The average molecular weight is 281 g/mol. The summed E-state index contributed by atoms with van der Waals surface area (Å²) in [6.45, 7) is 5.26. The van der Waals surface area contributed by atoms with Crippen molar-refractivity contribution in [3.05, 3.63) is 22.2 Å². The summed E-state index contributed by atoms with van der Waals surface area (Å²) in [5.41, 5.74) is 2.34. The molecule has 110 valence electrons. The highest BCUT2D eigenvalue weighted by atomic mass is 16.6. The Hall–Kier alpha value is -1.93. The van der Waals surface area contributed by atoms with Crippen molar-refractivity contribution < 1.29 is 9.66 Å². The normalized spacial score (nSPS) is 22.6. The van der Waals surface area contributed by atoms with Gasteiger partial charge in [0.2, 0.25) is 0 Å². The number of nitrogen functional groups attached to an aromatic ring is 1. The third-order valence-electron chi connectivity index (χ3n) is 3.39. The van der Waals surface area contributed by atoms with Gasteiger partial charge in [-0.15, -0.1) is 0 Å². The smallest absolute Gasteiger partial charge is 0.276 e. The SMILES string of the molecule is CCC1COC(C)CN1c1cc([N+](=O)[O-])cc(NN)n1. The van der Waals surface area contributed by atoms with Crippen LogP contribution < -0.4 is 16.2 Å². The number of nitro groups is 1. The van der Waals surface area contributed by atoms with E-state index >= 15 is 0 Å². The lowest BCUT2D eigenvalue weighted by Crippen LogP contribution is -2.49. The second kappa shape index (κ2) is 6.02. The quantitative estimate of drug-likeness (QED) is 0.486. The molecule has 1 aliphatic rings. The second-order valence-corrected chi connectivity index (χ2v) is 4.83. The molecule has 1 aliphatic heterocycles. The van der Waals surface area contributed by atoms with Crippen LogP contribution in [0, 0.1) is 10.1 Å². The van der Waals surface area contributed by atoms with Gasteiger partial charge in [0.25, 0.3) is 5.69 Å². The van der Waals surface area contributed by atoms with Crippen molar-refractivity contribution >= 4 is 17.3 Å². The Labute approximate surface area is 117 Å². The summed E-state index contributed by atoms with van der Waals surface area (Å²) >= 11 is 0. The molecule has 8 nitrogen and oxygen atoms in total. The molecular weight excluding hydrogens is 262 g/mol. The summed E-state index contributed by atoms with van der Waals surface area (Å²) in [4.78, 5) is 16.9. The van der Waals surface area contributed by atoms with E-state index in [4.69, 9.17) is 10.6 Å². The fourth-order valence-corrected chi connectivity index (χ4v) is 2.29. The molecule has 0 aromatic carbocycles. The highest BCUT2D eigenvalue weighted by Crippen LogP contribution is 2.27. The van der Waals surface area contributed by atoms with Gasteiger partial charge in [0.15, 0.2) is 0 Å². The Kier molecular flexibility index (Phi) is 4.35. The molecule has 1 aromatic heterocycles. The Morgan fingerprint density at radius 2 is 2.40 bits per heavy atom. The third-order valence-corrected chi connectivity index (χ3v) is 3.39. The maximum Gasteiger partial charge on any atom is 0.276 e. The lowest BCUT2D eigenvalue weighted by atomic mass is 10.1. The first-order valence-electron chi connectivity index (χ1n) is 6.56. The fourth-order valence-electron chi connectivity index (χ4n) is 2.29. The van der Waals surface area contributed by atoms with E-state index in [2.05, 4.69) is 17.3 Å². The molecule has 0 radical (unpaired) electrons. The molecular formula is C12H19N5O3. The first-order chi connectivity index (χ1) is 9.55. The van der Waals surface area contributed by atoms with E-state index < -0.39 is 4.92 Å². The second-order valence-electron chi connectivity index (χ2n) is 4.83. The van der Waals surface area contributed by atoms with Crippen LogP contribution in [-0.2, 0) is 4.74 Å². The number of hydrazine groups is 1. The van der Waals surface area contributed by atoms with Gasteiger partial charge in [0.1, 0.15) is 11.6 Å². The maximum absolute atomic E-state index is 11.0. The molecule has 1 saturated heterocycles. The summed E-state index contributed by atoms with van der Waals surface area (Å²) in [5.74, 6) is 6.16. The molecule has 1 fully saturated rings. The van der Waals surface area contributed by atoms with Crippen LogP contribution in [0.2, 0.25) is 0 Å². The molecule has 2 heterocycles. The number of morpholine rings is 1. The van der Waals surface area contributed by atoms with Gasteiger partial charge < -0.3 is 15.1 Å². The number of rotatable bonds is 4. The van der Waals surface area contributed by atoms with Crippen LogP contribution in [-0.4, -0.2) is 35.2 Å². The van der Waals surface area contributed by atoms with Gasteiger partial charge in [0.05, 0.1) is 35.8 Å². The van der Waals surface area contributed by atoms with Gasteiger partial charge in [-0.1, -0.05) is 6.92 Å². The van der Waals surface area contributed by atoms with E-state index in [0.717, 1.165) is 6.42 Å². The van der Waals surface area contributed by atoms with Gasteiger partial charge >= 0.3 is 0 Å². The van der Waals surface area contributed by atoms with Crippen LogP contribution >= 0.6 is 0 Å². The van der Waals surface area contributed by atoms with E-state index in [1.54, 1.807) is 0 Å². The van der Waals surface area contributed by atoms with E-state index in [-0.39, 0.29) is 23.7 Å². The molecule has 2 rings (SSSR count). The first-order valence-corrected chi connectivity index (χ1v) is 6.56. The molecule has 0 amide bonds. The minimum absolute atomic E-state index is 0.0306. The van der Waals surface area contributed by atoms with Crippen LogP contribution in [0.15, 0.2) is 12.1 Å². The number of ether oxygens (including phenoxy) is 1. The monoisotopic (exact) mass is 281 g/mol. The average Bonchev–Trinajstić information content (AvgIpc) is 2.46. The third kappa shape index (κ3) is 2.97. The predicted molar refractivity (Wildman–Crippen MR) is 75.5 cm³/mol. The zero-order chi connectivity index (χ0) is 14.7. The van der Waals surface area contributed by atoms with Gasteiger partial charge in [-0.2, -0.15) is 0 Å². The molecule has 2 unspecified atom stereocenters. The van der Waals surface area contributed by atoms with Crippen molar-refractivity contribution in [2.45, 2.75) is 32.4 Å². The number of pyridine rings is 1. The predicted octanol–water partition coefficient (Wildman–Crippen LogP) is 1.28. The van der Waals surface area contributed by atoms with Crippen molar-refractivity contribution in [1.82, 2.24) is 4.98 Å². The van der Waals surface area contributed by atoms with E-state index in [0.29, 0.717) is 19.0 Å². The van der Waals surface area contributed by atoms with Crippen molar-refractivity contribution in [3.63, 3.8) is 0 Å². The van der Waals surface area contributed by atoms with Crippen LogP contribution in [0.4, 0.5) is 17.3 Å². The lowest BCUT2D eigenvalue weighted by Gasteiger charge is -2.39. The van der Waals surface area contributed by atoms with E-state index in [1.165, 1.54) is 12.1 Å². The van der Waals surface area contributed by atoms with Crippen LogP contribution in [0.1, 0.15) is 20.3 Å². The minimum atomic E-state index is -0.448. The molecule has 8 heteroatoms. The van der Waals surface area contributed by atoms with E-state index in [9.17, 15) is 10.1 Å². The summed E-state index contributed by atoms with van der Waals surface area (Å²) in [6.07, 6.45) is 0.941. The summed E-state index contributed by atoms with van der Waals surface area (Å²) in [7, 11) is 0. The van der Waals surface area contributed by atoms with Crippen LogP contribution in [0.3, 0.4) is 0 Å². The van der Waals surface area contributed by atoms with Crippen LogP contribution in [0.25, 0.3) is 0 Å². The first kappa shape index (κ1) is 14.5. The topological polar surface area (TPSA) is 107 Å². The van der Waals surface area contributed by atoms with Gasteiger partial charge in [0, 0.05) is 6.54 Å². The summed E-state index contributed by atoms with van der Waals surface area (Å²) in [5, 5.41) is 11.0.